The van der Waals surface area contributed by atoms with E-state index in [0.29, 0.717) is 56.3 Å². The summed E-state index contributed by atoms with van der Waals surface area (Å²) in [5, 5.41) is 8.17. The van der Waals surface area contributed by atoms with Crippen molar-refractivity contribution in [2.24, 2.45) is 46.8 Å². The zero-order chi connectivity index (χ0) is 26.9. The third kappa shape index (κ3) is 5.31. The van der Waals surface area contributed by atoms with Crippen molar-refractivity contribution in [1.82, 2.24) is 15.0 Å². The number of methoxy groups -OCH3 is 1. The summed E-state index contributed by atoms with van der Waals surface area (Å²) in [5.41, 5.74) is -0.662. The zero-order valence-electron chi connectivity index (χ0n) is 23.2. The van der Waals surface area contributed by atoms with Crippen LogP contribution in [0.3, 0.4) is 0 Å². The molecule has 1 aromatic heterocycles. The van der Waals surface area contributed by atoms with Gasteiger partial charge in [0.15, 0.2) is 5.78 Å². The van der Waals surface area contributed by atoms with Crippen molar-refractivity contribution in [2.45, 2.75) is 84.3 Å². The quantitative estimate of drug-likeness (QED) is 0.362. The normalized spacial score (nSPS) is 37.9. The Kier molecular flexibility index (Phi) is 8.56. The van der Waals surface area contributed by atoms with Gasteiger partial charge < -0.3 is 14.2 Å². The number of alkyl halides is 2. The van der Waals surface area contributed by atoms with Crippen LogP contribution in [0.15, 0.2) is 6.20 Å². The van der Waals surface area contributed by atoms with E-state index in [1.54, 1.807) is 20.2 Å². The first-order valence-corrected chi connectivity index (χ1v) is 14.7. The maximum atomic E-state index is 16.2. The second-order valence-corrected chi connectivity index (χ2v) is 12.7. The van der Waals surface area contributed by atoms with Crippen LogP contribution in [0.4, 0.5) is 8.78 Å². The lowest BCUT2D eigenvalue weighted by molar-refractivity contribution is -0.226. The van der Waals surface area contributed by atoms with Crippen molar-refractivity contribution >= 4 is 5.78 Å². The molecule has 9 heteroatoms. The molecule has 4 fully saturated rings. The van der Waals surface area contributed by atoms with Gasteiger partial charge in [0.2, 0.25) is 0 Å². The number of ketones is 1. The number of carbonyl (C=O) groups excluding carboxylic acids is 1. The van der Waals surface area contributed by atoms with Gasteiger partial charge in [-0.1, -0.05) is 25.5 Å². The van der Waals surface area contributed by atoms with Crippen LogP contribution in [0.2, 0.25) is 0 Å². The predicted molar refractivity (Wildman–Crippen MR) is 137 cm³/mol. The Morgan fingerprint density at radius 1 is 1.03 bits per heavy atom. The first kappa shape index (κ1) is 28.1. The zero-order valence-corrected chi connectivity index (χ0v) is 23.2. The van der Waals surface area contributed by atoms with Crippen molar-refractivity contribution in [3.05, 3.63) is 11.9 Å². The summed E-state index contributed by atoms with van der Waals surface area (Å²) in [6.07, 6.45) is 8.65. The molecule has 1 heterocycles. The minimum atomic E-state index is -2.83. The van der Waals surface area contributed by atoms with Gasteiger partial charge in [0.05, 0.1) is 39.2 Å². The fourth-order valence-corrected chi connectivity index (χ4v) is 8.85. The highest BCUT2D eigenvalue weighted by atomic mass is 19.3. The van der Waals surface area contributed by atoms with Crippen molar-refractivity contribution < 1.29 is 27.8 Å². The molecule has 0 aromatic carbocycles. The molecule has 0 aliphatic heterocycles. The SMILES string of the molecule is COCCOCCOCc1cn(CC(=O)[C@H]2CCC3[C@@H]4CC[C@@H]5C[C@@H](C)CC[C@@H]5C4CC(F)(F)[C@@]32C)nn1. The van der Waals surface area contributed by atoms with Crippen LogP contribution in [0.25, 0.3) is 0 Å². The molecule has 214 valence electrons. The second kappa shape index (κ2) is 11.6. The van der Waals surface area contributed by atoms with Gasteiger partial charge in [0.1, 0.15) is 12.2 Å². The van der Waals surface area contributed by atoms with Crippen molar-refractivity contribution in [3.8, 4) is 0 Å². The van der Waals surface area contributed by atoms with Gasteiger partial charge in [0.25, 0.3) is 5.92 Å². The lowest BCUT2D eigenvalue weighted by Crippen LogP contribution is -2.59. The first-order valence-electron chi connectivity index (χ1n) is 14.7. The number of ether oxygens (including phenoxy) is 3. The van der Waals surface area contributed by atoms with Crippen molar-refractivity contribution in [2.75, 3.05) is 33.5 Å². The summed E-state index contributed by atoms with van der Waals surface area (Å²) in [6.45, 7) is 6.20. The summed E-state index contributed by atoms with van der Waals surface area (Å²) in [7, 11) is 1.62. The van der Waals surface area contributed by atoms with Crippen LogP contribution in [-0.4, -0.2) is 60.2 Å². The Morgan fingerprint density at radius 2 is 1.79 bits per heavy atom. The van der Waals surface area contributed by atoms with E-state index in [9.17, 15) is 4.79 Å². The molecule has 2 unspecified atom stereocenters. The van der Waals surface area contributed by atoms with E-state index in [2.05, 4.69) is 17.2 Å². The maximum absolute atomic E-state index is 16.2. The maximum Gasteiger partial charge on any atom is 0.254 e. The van der Waals surface area contributed by atoms with Gasteiger partial charge >= 0.3 is 0 Å². The molecular formula is C29H45F2N3O4. The summed E-state index contributed by atoms with van der Waals surface area (Å²) < 4.78 is 49.6. The molecule has 0 amide bonds. The molecular weight excluding hydrogens is 492 g/mol. The highest BCUT2D eigenvalue weighted by molar-refractivity contribution is 5.82. The number of nitrogens with zero attached hydrogens (tertiary/aromatic N) is 3. The minimum Gasteiger partial charge on any atom is -0.382 e. The molecule has 7 nitrogen and oxygen atoms in total. The van der Waals surface area contributed by atoms with E-state index in [4.69, 9.17) is 14.2 Å². The molecule has 38 heavy (non-hydrogen) atoms. The Balaban J connectivity index is 1.19. The highest BCUT2D eigenvalue weighted by Crippen LogP contribution is 2.69. The van der Waals surface area contributed by atoms with Crippen LogP contribution in [0, 0.1) is 46.8 Å². The van der Waals surface area contributed by atoms with E-state index >= 15 is 8.78 Å². The molecule has 4 aliphatic carbocycles. The second-order valence-electron chi connectivity index (χ2n) is 12.7. The predicted octanol–water partition coefficient (Wildman–Crippen LogP) is 5.18. The molecule has 0 radical (unpaired) electrons. The molecule has 5 rings (SSSR count). The molecule has 0 N–H and O–H groups in total. The molecule has 4 aliphatic rings. The van der Waals surface area contributed by atoms with Gasteiger partial charge in [-0.05, 0) is 74.0 Å². The van der Waals surface area contributed by atoms with E-state index in [-0.39, 0.29) is 37.2 Å². The summed E-state index contributed by atoms with van der Waals surface area (Å²) in [6, 6.07) is 0. The number of rotatable bonds is 11. The third-order valence-corrected chi connectivity index (χ3v) is 10.7. The monoisotopic (exact) mass is 537 g/mol. The first-order chi connectivity index (χ1) is 18.2. The van der Waals surface area contributed by atoms with Crippen LogP contribution in [0.1, 0.15) is 70.9 Å². The smallest absolute Gasteiger partial charge is 0.254 e. The fourth-order valence-electron chi connectivity index (χ4n) is 8.85. The molecule has 0 spiro atoms. The van der Waals surface area contributed by atoms with Gasteiger partial charge in [-0.2, -0.15) is 0 Å². The van der Waals surface area contributed by atoms with Gasteiger partial charge in [-0.3, -0.25) is 4.79 Å². The standard InChI is InChI=1S/C29H45F2N3O4/c1-19-4-6-22-20(14-19)5-7-23-24(22)15-29(30,31)28(2)25(23)8-9-26(28)27(35)17-34-16-21(32-33-34)18-38-13-12-37-11-10-36-3/h16,19-20,22-26H,4-15,17-18H2,1-3H3/t19-,20+,22-,23+,24?,25?,26+,28-/m0/s1. The van der Waals surface area contributed by atoms with Crippen molar-refractivity contribution in [3.63, 3.8) is 0 Å². The average Bonchev–Trinajstić information content (AvgIpc) is 3.48. The number of aromatic nitrogens is 3. The number of halogens is 2. The average molecular weight is 538 g/mol. The van der Waals surface area contributed by atoms with Crippen LogP contribution >= 0.6 is 0 Å². The van der Waals surface area contributed by atoms with Crippen LogP contribution < -0.4 is 0 Å². The number of hydrogen-bond acceptors (Lipinski definition) is 6. The van der Waals surface area contributed by atoms with E-state index < -0.39 is 17.3 Å². The fraction of sp³-hybridized carbons (Fsp3) is 0.897. The topological polar surface area (TPSA) is 75.5 Å². The van der Waals surface area contributed by atoms with Gasteiger partial charge in [-0.25, -0.2) is 13.5 Å². The summed E-state index contributed by atoms with van der Waals surface area (Å²) in [5.74, 6) is -1.44. The largest absolute Gasteiger partial charge is 0.382 e. The Bertz CT molecular complexity index is 958. The van der Waals surface area contributed by atoms with Crippen LogP contribution in [0.5, 0.6) is 0 Å². The molecule has 4 saturated carbocycles. The number of Topliss-reactive ketones (excluding diaryl/α,β-unsaturated/α-hetero) is 1. The Morgan fingerprint density at radius 3 is 2.61 bits per heavy atom. The van der Waals surface area contributed by atoms with Crippen molar-refractivity contribution in [1.29, 1.82) is 0 Å². The Labute approximate surface area is 225 Å². The molecule has 1 aromatic rings. The van der Waals surface area contributed by atoms with E-state index in [1.807, 2.05) is 0 Å². The lowest BCUT2D eigenvalue weighted by Gasteiger charge is -2.58. The molecule has 8 atom stereocenters. The van der Waals surface area contributed by atoms with E-state index in [1.165, 1.54) is 23.9 Å². The Hall–Kier alpha value is -1.45. The molecule has 0 saturated heterocycles. The summed E-state index contributed by atoms with van der Waals surface area (Å²) >= 11 is 0. The summed E-state index contributed by atoms with van der Waals surface area (Å²) in [4.78, 5) is 13.5. The number of hydrogen-bond donors (Lipinski definition) is 0. The van der Waals surface area contributed by atoms with E-state index in [0.717, 1.165) is 25.2 Å². The van der Waals surface area contributed by atoms with Crippen LogP contribution in [-0.2, 0) is 32.2 Å². The van der Waals surface area contributed by atoms with Gasteiger partial charge in [-0.15, -0.1) is 5.10 Å². The number of fused-ring (bicyclic) bond motifs is 5. The van der Waals surface area contributed by atoms with Gasteiger partial charge in [0, 0.05) is 24.9 Å². The highest BCUT2D eigenvalue weighted by Gasteiger charge is 2.69. The third-order valence-electron chi connectivity index (χ3n) is 10.7. The molecule has 0 bridgehead atoms. The number of carbonyl (C=O) groups is 1. The lowest BCUT2D eigenvalue weighted by atomic mass is 9.48. The minimum absolute atomic E-state index is 0.0210.